The van der Waals surface area contributed by atoms with Crippen LogP contribution in [0.1, 0.15) is 16.8 Å². The number of benzene rings is 2. The van der Waals surface area contributed by atoms with Crippen LogP contribution >= 0.6 is 11.8 Å². The topological polar surface area (TPSA) is 79.0 Å². The predicted molar refractivity (Wildman–Crippen MR) is 106 cm³/mol. The van der Waals surface area contributed by atoms with Gasteiger partial charge in [0.15, 0.2) is 5.16 Å². The van der Waals surface area contributed by atoms with E-state index in [-0.39, 0.29) is 17.2 Å². The van der Waals surface area contributed by atoms with Gasteiger partial charge in [0.2, 0.25) is 5.91 Å². The maximum absolute atomic E-state index is 13.2. The fraction of sp³-hybridized carbons (Fsp3) is 0.200. The largest absolute Gasteiger partial charge is 0.298 e. The molecule has 1 aliphatic heterocycles. The maximum atomic E-state index is 13.2. The number of nitrogens with zero attached hydrogens (tertiary/aromatic N) is 3. The van der Waals surface area contributed by atoms with Crippen molar-refractivity contribution >= 4 is 29.0 Å². The molecular weight excluding hydrogens is 360 g/mol. The van der Waals surface area contributed by atoms with E-state index in [9.17, 15) is 9.59 Å². The number of anilines is 2. The van der Waals surface area contributed by atoms with Gasteiger partial charge in [-0.25, -0.2) is 0 Å². The number of carbonyl (C=O) groups excluding carboxylic acids is 1. The van der Waals surface area contributed by atoms with Crippen LogP contribution in [0.25, 0.3) is 0 Å². The second-order valence-corrected chi connectivity index (χ2v) is 7.28. The number of para-hydroxylation sites is 2. The smallest absolute Gasteiger partial charge is 0.273 e. The Hall–Kier alpha value is -2.93. The molecule has 136 valence electrons. The average molecular weight is 378 g/mol. The lowest BCUT2D eigenvalue weighted by molar-refractivity contribution is -0.115. The third-order valence-electron chi connectivity index (χ3n) is 4.55. The molecule has 2 aromatic carbocycles. The Labute approximate surface area is 160 Å². The number of aromatic nitrogens is 3. The molecule has 3 aromatic rings. The zero-order valence-corrected chi connectivity index (χ0v) is 15.6. The SMILES string of the molecule is Cc1nnc(SCC(=O)N2c3ccccc3CCc3ccccc32)[nH]c1=O. The highest BCUT2D eigenvalue weighted by atomic mass is 32.2. The molecule has 1 aliphatic rings. The Bertz CT molecular complexity index is 1020. The number of fused-ring (bicyclic) bond motifs is 2. The zero-order valence-electron chi connectivity index (χ0n) is 14.8. The van der Waals surface area contributed by atoms with E-state index in [0.717, 1.165) is 35.3 Å². The molecule has 0 spiro atoms. The van der Waals surface area contributed by atoms with E-state index in [2.05, 4.69) is 27.3 Å². The highest BCUT2D eigenvalue weighted by Crippen LogP contribution is 2.36. The minimum absolute atomic E-state index is 0.0648. The van der Waals surface area contributed by atoms with Gasteiger partial charge in [0, 0.05) is 0 Å². The number of hydrogen-bond acceptors (Lipinski definition) is 5. The lowest BCUT2D eigenvalue weighted by atomic mass is 10.0. The van der Waals surface area contributed by atoms with Crippen molar-refractivity contribution in [2.45, 2.75) is 24.9 Å². The van der Waals surface area contributed by atoms with E-state index in [0.29, 0.717) is 10.9 Å². The van der Waals surface area contributed by atoms with Gasteiger partial charge in [0.25, 0.3) is 5.56 Å². The van der Waals surface area contributed by atoms with Crippen LogP contribution in [0, 0.1) is 6.92 Å². The number of hydrogen-bond donors (Lipinski definition) is 1. The molecule has 27 heavy (non-hydrogen) atoms. The van der Waals surface area contributed by atoms with Crippen molar-refractivity contribution in [1.29, 1.82) is 0 Å². The van der Waals surface area contributed by atoms with E-state index >= 15 is 0 Å². The van der Waals surface area contributed by atoms with Gasteiger partial charge in [-0.1, -0.05) is 48.2 Å². The second kappa shape index (κ2) is 7.36. The van der Waals surface area contributed by atoms with Crippen LogP contribution in [-0.2, 0) is 17.6 Å². The number of aryl methyl sites for hydroxylation is 3. The minimum atomic E-state index is -0.287. The van der Waals surface area contributed by atoms with Crippen molar-refractivity contribution < 1.29 is 4.79 Å². The first kappa shape index (κ1) is 17.5. The summed E-state index contributed by atoms with van der Waals surface area (Å²) in [5.41, 5.74) is 4.14. The van der Waals surface area contributed by atoms with Crippen molar-refractivity contribution in [2.75, 3.05) is 10.7 Å². The standard InChI is InChI=1S/C20H18N4O2S/c1-13-19(26)21-20(23-22-13)27-12-18(25)24-16-8-4-2-6-14(16)10-11-15-7-3-5-9-17(15)24/h2-9H,10-12H2,1H3,(H,21,23,26). The number of nitrogens with one attached hydrogen (secondary N) is 1. The summed E-state index contributed by atoms with van der Waals surface area (Å²) >= 11 is 1.18. The Kier molecular flexibility index (Phi) is 4.77. The molecule has 4 rings (SSSR count). The Morgan fingerprint density at radius 1 is 1.04 bits per heavy atom. The number of aromatic amines is 1. The number of carbonyl (C=O) groups is 1. The van der Waals surface area contributed by atoms with Gasteiger partial charge >= 0.3 is 0 Å². The molecule has 0 saturated heterocycles. The lowest BCUT2D eigenvalue weighted by Crippen LogP contribution is -2.28. The van der Waals surface area contributed by atoms with Crippen LogP contribution in [0.4, 0.5) is 11.4 Å². The highest BCUT2D eigenvalue weighted by Gasteiger charge is 2.25. The summed E-state index contributed by atoms with van der Waals surface area (Å²) in [7, 11) is 0. The van der Waals surface area contributed by atoms with Crippen LogP contribution in [0.5, 0.6) is 0 Å². The Morgan fingerprint density at radius 3 is 2.22 bits per heavy atom. The summed E-state index contributed by atoms with van der Waals surface area (Å²) in [6.45, 7) is 1.59. The Balaban J connectivity index is 1.66. The normalized spacial score (nSPS) is 12.9. The van der Waals surface area contributed by atoms with E-state index in [4.69, 9.17) is 0 Å². The number of thioether (sulfide) groups is 1. The van der Waals surface area contributed by atoms with Gasteiger partial charge in [-0.05, 0) is 43.0 Å². The Morgan fingerprint density at radius 2 is 1.63 bits per heavy atom. The molecule has 1 aromatic heterocycles. The molecular formula is C20H18N4O2S. The molecule has 0 bridgehead atoms. The first-order valence-electron chi connectivity index (χ1n) is 8.68. The molecule has 1 amide bonds. The number of amides is 1. The van der Waals surface area contributed by atoms with Crippen LogP contribution in [-0.4, -0.2) is 26.8 Å². The molecule has 1 N–H and O–H groups in total. The first-order chi connectivity index (χ1) is 13.1. The summed E-state index contributed by atoms with van der Waals surface area (Å²) in [6.07, 6.45) is 1.78. The van der Waals surface area contributed by atoms with Crippen LogP contribution in [0.2, 0.25) is 0 Å². The summed E-state index contributed by atoms with van der Waals surface area (Å²) in [4.78, 5) is 29.3. The second-order valence-electron chi connectivity index (χ2n) is 6.32. The van der Waals surface area contributed by atoms with E-state index in [1.165, 1.54) is 11.8 Å². The van der Waals surface area contributed by atoms with Gasteiger partial charge < -0.3 is 0 Å². The zero-order chi connectivity index (χ0) is 18.8. The molecule has 0 aliphatic carbocycles. The van der Waals surface area contributed by atoms with Gasteiger partial charge in [-0.15, -0.1) is 10.2 Å². The third kappa shape index (κ3) is 3.50. The molecule has 7 heteroatoms. The summed E-state index contributed by atoms with van der Waals surface area (Å²) < 4.78 is 0. The highest BCUT2D eigenvalue weighted by molar-refractivity contribution is 7.99. The van der Waals surface area contributed by atoms with Crippen molar-refractivity contribution in [2.24, 2.45) is 0 Å². The quantitative estimate of drug-likeness (QED) is 0.709. The summed E-state index contributed by atoms with van der Waals surface area (Å²) in [5.74, 6) is 0.0844. The number of H-pyrrole nitrogens is 1. The molecule has 0 saturated carbocycles. The summed E-state index contributed by atoms with van der Waals surface area (Å²) in [6, 6.07) is 16.0. The summed E-state index contributed by atoms with van der Waals surface area (Å²) in [5, 5.41) is 8.11. The van der Waals surface area contributed by atoms with Gasteiger partial charge in [0.1, 0.15) is 5.69 Å². The minimum Gasteiger partial charge on any atom is -0.298 e. The average Bonchev–Trinajstić information content (AvgIpc) is 2.85. The van der Waals surface area contributed by atoms with Crippen LogP contribution in [0.3, 0.4) is 0 Å². The molecule has 0 unspecified atom stereocenters. The van der Waals surface area contributed by atoms with Crippen molar-refractivity contribution in [1.82, 2.24) is 15.2 Å². The first-order valence-corrected chi connectivity index (χ1v) is 9.67. The van der Waals surface area contributed by atoms with Gasteiger partial charge in [-0.2, -0.15) is 0 Å². The van der Waals surface area contributed by atoms with E-state index < -0.39 is 0 Å². The predicted octanol–water partition coefficient (Wildman–Crippen LogP) is 3.03. The maximum Gasteiger partial charge on any atom is 0.273 e. The number of rotatable bonds is 3. The molecule has 2 heterocycles. The molecule has 0 atom stereocenters. The third-order valence-corrected chi connectivity index (χ3v) is 5.40. The van der Waals surface area contributed by atoms with E-state index in [1.807, 2.05) is 36.4 Å². The van der Waals surface area contributed by atoms with Gasteiger partial charge in [-0.3, -0.25) is 19.5 Å². The molecule has 6 nitrogen and oxygen atoms in total. The van der Waals surface area contributed by atoms with Crippen molar-refractivity contribution in [3.8, 4) is 0 Å². The van der Waals surface area contributed by atoms with E-state index in [1.54, 1.807) is 11.8 Å². The van der Waals surface area contributed by atoms with Crippen LogP contribution in [0.15, 0.2) is 58.5 Å². The van der Waals surface area contributed by atoms with Crippen molar-refractivity contribution in [3.05, 3.63) is 75.7 Å². The molecule has 0 radical (unpaired) electrons. The van der Waals surface area contributed by atoms with Crippen LogP contribution < -0.4 is 10.5 Å². The monoisotopic (exact) mass is 378 g/mol. The van der Waals surface area contributed by atoms with Crippen molar-refractivity contribution in [3.63, 3.8) is 0 Å². The molecule has 0 fully saturated rings. The fourth-order valence-corrected chi connectivity index (χ4v) is 3.84. The lowest BCUT2D eigenvalue weighted by Gasteiger charge is -2.24. The van der Waals surface area contributed by atoms with Gasteiger partial charge in [0.05, 0.1) is 17.1 Å². The fourth-order valence-electron chi connectivity index (χ4n) is 3.19.